The number of amides is 1. The first-order valence-corrected chi connectivity index (χ1v) is 5.60. The van der Waals surface area contributed by atoms with Gasteiger partial charge in [-0.25, -0.2) is 0 Å². The Bertz CT molecular complexity index is 384. The summed E-state index contributed by atoms with van der Waals surface area (Å²) in [4.78, 5) is 11.6. The summed E-state index contributed by atoms with van der Waals surface area (Å²) in [5.74, 6) is -0.944. The first-order chi connectivity index (χ1) is 8.27. The number of carbonyl (C=O) groups is 1. The van der Waals surface area contributed by atoms with Crippen molar-refractivity contribution in [2.75, 3.05) is 13.2 Å². The van der Waals surface area contributed by atoms with Crippen LogP contribution in [0.25, 0.3) is 0 Å². The quantitative estimate of drug-likeness (QED) is 0.715. The van der Waals surface area contributed by atoms with Gasteiger partial charge in [-0.3, -0.25) is 4.79 Å². The lowest BCUT2D eigenvalue weighted by molar-refractivity contribution is -0.123. The molecule has 1 aromatic carbocycles. The van der Waals surface area contributed by atoms with Crippen LogP contribution in [0.2, 0.25) is 0 Å². The smallest absolute Gasteiger partial charge is 0.237 e. The van der Waals surface area contributed by atoms with Crippen LogP contribution in [0.15, 0.2) is 30.3 Å². The molecule has 4 nitrogen and oxygen atoms in total. The molecule has 1 unspecified atom stereocenters. The second-order valence-corrected chi connectivity index (χ2v) is 3.74. The lowest BCUT2D eigenvalue weighted by Gasteiger charge is -2.09. The van der Waals surface area contributed by atoms with Gasteiger partial charge in [0.25, 0.3) is 0 Å². The van der Waals surface area contributed by atoms with E-state index in [1.807, 2.05) is 36.4 Å². The summed E-state index contributed by atoms with van der Waals surface area (Å²) >= 11 is 0. The second-order valence-electron chi connectivity index (χ2n) is 3.74. The highest BCUT2D eigenvalue weighted by Crippen LogP contribution is 2.08. The summed E-state index contributed by atoms with van der Waals surface area (Å²) in [6.07, 6.45) is 0.928. The molecule has 17 heavy (non-hydrogen) atoms. The van der Waals surface area contributed by atoms with Crippen molar-refractivity contribution in [1.82, 2.24) is 5.32 Å². The standard InChI is InChI=1S/C13H16N2O2/c14-10-12(13(17)15-7-4-8-16)9-11-5-2-1-3-6-11/h1-3,5-6,12,16H,4,7-9H2,(H,15,17). The molecule has 1 rings (SSSR count). The third kappa shape index (κ3) is 4.66. The van der Waals surface area contributed by atoms with Crippen LogP contribution in [0.5, 0.6) is 0 Å². The lowest BCUT2D eigenvalue weighted by atomic mass is 10.00. The van der Waals surface area contributed by atoms with Crippen LogP contribution in [0, 0.1) is 17.2 Å². The van der Waals surface area contributed by atoms with Crippen molar-refractivity contribution in [1.29, 1.82) is 5.26 Å². The van der Waals surface area contributed by atoms with Crippen LogP contribution in [0.4, 0.5) is 0 Å². The zero-order valence-corrected chi connectivity index (χ0v) is 9.60. The van der Waals surface area contributed by atoms with Gasteiger partial charge in [0.2, 0.25) is 5.91 Å². The number of aliphatic hydroxyl groups excluding tert-OH is 1. The third-order valence-corrected chi connectivity index (χ3v) is 2.39. The fourth-order valence-corrected chi connectivity index (χ4v) is 1.46. The molecule has 0 saturated carbocycles. The molecule has 0 saturated heterocycles. The van der Waals surface area contributed by atoms with Crippen LogP contribution in [0.3, 0.4) is 0 Å². The van der Waals surface area contributed by atoms with E-state index in [0.29, 0.717) is 19.4 Å². The minimum atomic E-state index is -0.670. The predicted octanol–water partition coefficient (Wildman–Crippen LogP) is 0.867. The van der Waals surface area contributed by atoms with Gasteiger partial charge in [0, 0.05) is 13.2 Å². The molecular weight excluding hydrogens is 216 g/mol. The maximum absolute atomic E-state index is 11.6. The number of carbonyl (C=O) groups excluding carboxylic acids is 1. The van der Waals surface area contributed by atoms with E-state index in [1.54, 1.807) is 0 Å². The molecule has 0 fully saturated rings. The summed E-state index contributed by atoms with van der Waals surface area (Å²) < 4.78 is 0. The van der Waals surface area contributed by atoms with Gasteiger partial charge in [-0.1, -0.05) is 30.3 Å². The topological polar surface area (TPSA) is 73.1 Å². The molecule has 4 heteroatoms. The number of hydrogen-bond donors (Lipinski definition) is 2. The van der Waals surface area contributed by atoms with E-state index in [2.05, 4.69) is 5.32 Å². The average Bonchev–Trinajstić information content (AvgIpc) is 2.37. The van der Waals surface area contributed by atoms with Gasteiger partial charge in [0.1, 0.15) is 5.92 Å². The zero-order chi connectivity index (χ0) is 12.5. The minimum absolute atomic E-state index is 0.0379. The summed E-state index contributed by atoms with van der Waals surface area (Å²) in [6.45, 7) is 0.443. The molecule has 0 aliphatic carbocycles. The molecule has 0 aliphatic heterocycles. The monoisotopic (exact) mass is 232 g/mol. The number of benzene rings is 1. The van der Waals surface area contributed by atoms with Gasteiger partial charge in [-0.2, -0.15) is 5.26 Å². The van der Waals surface area contributed by atoms with E-state index < -0.39 is 5.92 Å². The predicted molar refractivity (Wildman–Crippen MR) is 64.0 cm³/mol. The van der Waals surface area contributed by atoms with E-state index in [1.165, 1.54) is 0 Å². The minimum Gasteiger partial charge on any atom is -0.396 e. The maximum atomic E-state index is 11.6. The van der Waals surface area contributed by atoms with E-state index in [-0.39, 0.29) is 12.5 Å². The highest BCUT2D eigenvalue weighted by Gasteiger charge is 2.17. The molecule has 0 bridgehead atoms. The first-order valence-electron chi connectivity index (χ1n) is 5.60. The van der Waals surface area contributed by atoms with E-state index in [4.69, 9.17) is 10.4 Å². The number of hydrogen-bond acceptors (Lipinski definition) is 3. The Morgan fingerprint density at radius 2 is 2.12 bits per heavy atom. The number of aliphatic hydroxyl groups is 1. The highest BCUT2D eigenvalue weighted by atomic mass is 16.3. The molecular formula is C13H16N2O2. The van der Waals surface area contributed by atoms with Crippen LogP contribution >= 0.6 is 0 Å². The highest BCUT2D eigenvalue weighted by molar-refractivity contribution is 5.81. The number of nitriles is 1. The van der Waals surface area contributed by atoms with Crippen molar-refractivity contribution in [2.24, 2.45) is 5.92 Å². The molecule has 1 amide bonds. The van der Waals surface area contributed by atoms with Crippen molar-refractivity contribution in [3.8, 4) is 6.07 Å². The largest absolute Gasteiger partial charge is 0.396 e. The SMILES string of the molecule is N#CC(Cc1ccccc1)C(=O)NCCCO. The Labute approximate surface area is 101 Å². The number of nitrogens with one attached hydrogen (secondary N) is 1. The maximum Gasteiger partial charge on any atom is 0.237 e. The van der Waals surface area contributed by atoms with Gasteiger partial charge in [0.15, 0.2) is 0 Å². The molecule has 0 spiro atoms. The molecule has 0 heterocycles. The van der Waals surface area contributed by atoms with Gasteiger partial charge >= 0.3 is 0 Å². The van der Waals surface area contributed by atoms with Gasteiger partial charge < -0.3 is 10.4 Å². The van der Waals surface area contributed by atoms with Crippen LogP contribution < -0.4 is 5.32 Å². The zero-order valence-electron chi connectivity index (χ0n) is 9.60. The van der Waals surface area contributed by atoms with Gasteiger partial charge in [0.05, 0.1) is 6.07 Å². The summed E-state index contributed by atoms with van der Waals surface area (Å²) in [5.41, 5.74) is 0.969. The number of rotatable bonds is 6. The fraction of sp³-hybridized carbons (Fsp3) is 0.385. The van der Waals surface area contributed by atoms with E-state index in [9.17, 15) is 4.79 Å². The average molecular weight is 232 g/mol. The Morgan fingerprint density at radius 1 is 1.41 bits per heavy atom. The lowest BCUT2D eigenvalue weighted by Crippen LogP contribution is -2.32. The van der Waals surface area contributed by atoms with Crippen molar-refractivity contribution in [2.45, 2.75) is 12.8 Å². The molecule has 90 valence electrons. The van der Waals surface area contributed by atoms with Gasteiger partial charge in [-0.05, 0) is 18.4 Å². The molecule has 1 atom stereocenters. The molecule has 1 aromatic rings. The van der Waals surface area contributed by atoms with Crippen LogP contribution in [0.1, 0.15) is 12.0 Å². The first kappa shape index (κ1) is 13.2. The molecule has 0 aliphatic rings. The van der Waals surface area contributed by atoms with Crippen LogP contribution in [-0.4, -0.2) is 24.2 Å². The molecule has 2 N–H and O–H groups in total. The van der Waals surface area contributed by atoms with Crippen LogP contribution in [-0.2, 0) is 11.2 Å². The Kier molecular flexibility index (Phi) is 5.76. The van der Waals surface area contributed by atoms with Crippen molar-refractivity contribution in [3.63, 3.8) is 0 Å². The van der Waals surface area contributed by atoms with E-state index in [0.717, 1.165) is 5.56 Å². The Hall–Kier alpha value is -1.86. The normalized spacial score (nSPS) is 11.5. The summed E-state index contributed by atoms with van der Waals surface area (Å²) in [6, 6.07) is 11.5. The summed E-state index contributed by atoms with van der Waals surface area (Å²) in [7, 11) is 0. The van der Waals surface area contributed by atoms with Crippen molar-refractivity contribution < 1.29 is 9.90 Å². The van der Waals surface area contributed by atoms with E-state index >= 15 is 0 Å². The fourth-order valence-electron chi connectivity index (χ4n) is 1.46. The molecule has 0 radical (unpaired) electrons. The molecule has 0 aromatic heterocycles. The van der Waals surface area contributed by atoms with Crippen molar-refractivity contribution in [3.05, 3.63) is 35.9 Å². The van der Waals surface area contributed by atoms with Gasteiger partial charge in [-0.15, -0.1) is 0 Å². The third-order valence-electron chi connectivity index (χ3n) is 2.39. The van der Waals surface area contributed by atoms with Crippen molar-refractivity contribution >= 4 is 5.91 Å². The Balaban J connectivity index is 2.49. The second kappa shape index (κ2) is 7.42. The summed E-state index contributed by atoms with van der Waals surface area (Å²) in [5, 5.41) is 20.2. The Morgan fingerprint density at radius 3 is 2.71 bits per heavy atom. The number of nitrogens with zero attached hydrogens (tertiary/aromatic N) is 1.